The van der Waals surface area contributed by atoms with E-state index in [-0.39, 0.29) is 6.10 Å². The zero-order valence-corrected chi connectivity index (χ0v) is 14.7. The second kappa shape index (κ2) is 6.80. The molecule has 25 heavy (non-hydrogen) atoms. The fourth-order valence-electron chi connectivity index (χ4n) is 3.27. The van der Waals surface area contributed by atoms with E-state index in [0.717, 1.165) is 54.7 Å². The lowest BCUT2D eigenvalue weighted by molar-refractivity contribution is 0.242. The Morgan fingerprint density at radius 1 is 1.12 bits per heavy atom. The summed E-state index contributed by atoms with van der Waals surface area (Å²) in [6.07, 6.45) is 1.79. The lowest BCUT2D eigenvalue weighted by Crippen LogP contribution is -2.44. The number of fused-ring (bicyclic) bond motifs is 1. The quantitative estimate of drug-likeness (QED) is 0.925. The molecule has 0 radical (unpaired) electrons. The summed E-state index contributed by atoms with van der Waals surface area (Å²) in [7, 11) is 0. The Morgan fingerprint density at radius 3 is 2.76 bits per heavy atom. The molecule has 0 saturated carbocycles. The van der Waals surface area contributed by atoms with Gasteiger partial charge in [-0.1, -0.05) is 6.07 Å². The minimum Gasteiger partial charge on any atom is -0.491 e. The highest BCUT2D eigenvalue weighted by Crippen LogP contribution is 2.27. The highest BCUT2D eigenvalue weighted by atomic mass is 16.5. The predicted octanol–water partition coefficient (Wildman–Crippen LogP) is 2.02. The van der Waals surface area contributed by atoms with Crippen LogP contribution in [0, 0.1) is 0 Å². The first kappa shape index (κ1) is 16.0. The van der Waals surface area contributed by atoms with Gasteiger partial charge in [0.05, 0.1) is 24.1 Å². The lowest BCUT2D eigenvalue weighted by atomic mass is 10.0. The van der Waals surface area contributed by atoms with Gasteiger partial charge in [0.2, 0.25) is 0 Å². The van der Waals surface area contributed by atoms with Gasteiger partial charge in [0, 0.05) is 37.8 Å². The molecule has 0 bridgehead atoms. The molecule has 6 nitrogen and oxygen atoms in total. The minimum atomic E-state index is 0.151. The highest BCUT2D eigenvalue weighted by Gasteiger charge is 2.21. The molecule has 0 amide bonds. The van der Waals surface area contributed by atoms with E-state index in [9.17, 15) is 0 Å². The van der Waals surface area contributed by atoms with E-state index in [4.69, 9.17) is 9.73 Å². The van der Waals surface area contributed by atoms with Crippen LogP contribution < -0.4 is 15.0 Å². The summed E-state index contributed by atoms with van der Waals surface area (Å²) in [5.41, 5.74) is 4.14. The Morgan fingerprint density at radius 2 is 1.96 bits per heavy atom. The Kier molecular flexibility index (Phi) is 4.36. The topological polar surface area (TPSA) is 62.6 Å². The van der Waals surface area contributed by atoms with Crippen molar-refractivity contribution in [2.75, 3.05) is 31.1 Å². The predicted molar refractivity (Wildman–Crippen MR) is 98.7 cm³/mol. The van der Waals surface area contributed by atoms with E-state index in [2.05, 4.69) is 38.4 Å². The third kappa shape index (κ3) is 3.35. The normalized spacial score (nSPS) is 16.8. The summed E-state index contributed by atoms with van der Waals surface area (Å²) < 4.78 is 5.84. The van der Waals surface area contributed by atoms with Crippen molar-refractivity contribution in [2.24, 2.45) is 4.99 Å². The number of hydrogen-bond donors (Lipinski definition) is 1. The van der Waals surface area contributed by atoms with Crippen LogP contribution in [0.1, 0.15) is 30.7 Å². The van der Waals surface area contributed by atoms with Crippen LogP contribution in [0.15, 0.2) is 35.6 Å². The second-order valence-electron chi connectivity index (χ2n) is 6.65. The summed E-state index contributed by atoms with van der Waals surface area (Å²) >= 11 is 0. The number of rotatable bonds is 4. The van der Waals surface area contributed by atoms with Crippen molar-refractivity contribution >= 4 is 11.5 Å². The van der Waals surface area contributed by atoms with Gasteiger partial charge >= 0.3 is 0 Å². The van der Waals surface area contributed by atoms with E-state index in [1.807, 2.05) is 19.9 Å². The zero-order chi connectivity index (χ0) is 17.2. The van der Waals surface area contributed by atoms with Crippen LogP contribution in [0.25, 0.3) is 0 Å². The molecule has 1 N–H and O–H groups in total. The molecule has 6 heteroatoms. The van der Waals surface area contributed by atoms with Crippen molar-refractivity contribution in [3.05, 3.63) is 47.4 Å². The smallest absolute Gasteiger partial charge is 0.132 e. The number of benzene rings is 1. The van der Waals surface area contributed by atoms with Gasteiger partial charge in [-0.05, 0) is 31.5 Å². The summed E-state index contributed by atoms with van der Waals surface area (Å²) in [5.74, 6) is 1.84. The van der Waals surface area contributed by atoms with Gasteiger partial charge in [0.1, 0.15) is 17.9 Å². The fraction of sp³-hybridized carbons (Fsp3) is 0.421. The first-order valence-corrected chi connectivity index (χ1v) is 8.83. The average Bonchev–Trinajstić information content (AvgIpc) is 3.05. The molecule has 1 fully saturated rings. The van der Waals surface area contributed by atoms with Gasteiger partial charge < -0.3 is 15.0 Å². The molecule has 4 rings (SSSR count). The molecule has 1 aromatic heterocycles. The van der Waals surface area contributed by atoms with Crippen molar-refractivity contribution < 1.29 is 4.74 Å². The molecular weight excluding hydrogens is 314 g/mol. The van der Waals surface area contributed by atoms with Crippen molar-refractivity contribution in [2.45, 2.75) is 26.5 Å². The maximum Gasteiger partial charge on any atom is 0.132 e. The van der Waals surface area contributed by atoms with E-state index < -0.39 is 0 Å². The van der Waals surface area contributed by atoms with E-state index in [1.165, 1.54) is 5.56 Å². The van der Waals surface area contributed by atoms with Gasteiger partial charge in [-0.2, -0.15) is 0 Å². The number of aliphatic imine (C=N–C) groups is 1. The third-order valence-electron chi connectivity index (χ3n) is 4.45. The number of anilines is 1. The summed E-state index contributed by atoms with van der Waals surface area (Å²) in [5, 5.41) is 3.37. The van der Waals surface area contributed by atoms with Gasteiger partial charge in [0.25, 0.3) is 0 Å². The zero-order valence-electron chi connectivity index (χ0n) is 14.7. The van der Waals surface area contributed by atoms with Crippen LogP contribution in [0.2, 0.25) is 0 Å². The van der Waals surface area contributed by atoms with E-state index >= 15 is 0 Å². The molecule has 1 aromatic carbocycles. The largest absolute Gasteiger partial charge is 0.491 e. The molecule has 2 aliphatic rings. The van der Waals surface area contributed by atoms with Crippen molar-refractivity contribution in [1.29, 1.82) is 0 Å². The maximum atomic E-state index is 5.84. The molecule has 1 saturated heterocycles. The monoisotopic (exact) mass is 337 g/mol. The summed E-state index contributed by atoms with van der Waals surface area (Å²) in [4.78, 5) is 15.9. The lowest BCUT2D eigenvalue weighted by Gasteiger charge is -2.28. The number of piperazine rings is 1. The standard InChI is InChI=1S/C19H23N5O/c1-13(2)25-15-4-3-14-11-21-19(16(14)9-15)17-10-18(23-12-22-17)24-7-5-20-6-8-24/h3-4,9-10,12-13,20H,5-8,11H2,1-2H3. The molecule has 0 unspecified atom stereocenters. The highest BCUT2D eigenvalue weighted by molar-refractivity contribution is 6.14. The fourth-order valence-corrected chi connectivity index (χ4v) is 3.27. The summed E-state index contributed by atoms with van der Waals surface area (Å²) in [6, 6.07) is 8.24. The molecule has 0 spiro atoms. The Labute approximate surface area is 148 Å². The number of aromatic nitrogens is 2. The van der Waals surface area contributed by atoms with Crippen LogP contribution >= 0.6 is 0 Å². The Balaban J connectivity index is 1.64. The Bertz CT molecular complexity index is 796. The van der Waals surface area contributed by atoms with Gasteiger partial charge in [0.15, 0.2) is 0 Å². The molecule has 0 aliphatic carbocycles. The van der Waals surface area contributed by atoms with Crippen molar-refractivity contribution in [1.82, 2.24) is 15.3 Å². The van der Waals surface area contributed by atoms with Gasteiger partial charge in [-0.25, -0.2) is 9.97 Å². The number of nitrogens with zero attached hydrogens (tertiary/aromatic N) is 4. The van der Waals surface area contributed by atoms with Crippen molar-refractivity contribution in [3.8, 4) is 5.75 Å². The van der Waals surface area contributed by atoms with E-state index in [1.54, 1.807) is 6.33 Å². The van der Waals surface area contributed by atoms with Crippen molar-refractivity contribution in [3.63, 3.8) is 0 Å². The molecule has 0 atom stereocenters. The molecule has 130 valence electrons. The number of ether oxygens (including phenoxy) is 1. The van der Waals surface area contributed by atoms with Gasteiger partial charge in [-0.15, -0.1) is 0 Å². The third-order valence-corrected chi connectivity index (χ3v) is 4.45. The van der Waals surface area contributed by atoms with Crippen LogP contribution in [0.5, 0.6) is 5.75 Å². The second-order valence-corrected chi connectivity index (χ2v) is 6.65. The van der Waals surface area contributed by atoms with Crippen LogP contribution in [-0.2, 0) is 6.54 Å². The number of nitrogens with one attached hydrogen (secondary N) is 1. The van der Waals surface area contributed by atoms with Crippen LogP contribution in [-0.4, -0.2) is 48.0 Å². The average molecular weight is 337 g/mol. The molecule has 2 aromatic rings. The summed E-state index contributed by atoms with van der Waals surface area (Å²) in [6.45, 7) is 8.66. The first-order chi connectivity index (χ1) is 12.2. The van der Waals surface area contributed by atoms with Gasteiger partial charge in [-0.3, -0.25) is 4.99 Å². The van der Waals surface area contributed by atoms with Crippen LogP contribution in [0.3, 0.4) is 0 Å². The first-order valence-electron chi connectivity index (χ1n) is 8.83. The molecule has 3 heterocycles. The van der Waals surface area contributed by atoms with E-state index in [0.29, 0.717) is 6.54 Å². The maximum absolute atomic E-state index is 5.84. The number of hydrogen-bond acceptors (Lipinski definition) is 6. The molecule has 2 aliphatic heterocycles. The minimum absolute atomic E-state index is 0.151. The SMILES string of the molecule is CC(C)Oc1ccc2c(c1)C(c1cc(N3CCNCC3)ncn1)=NC2. The Hall–Kier alpha value is -2.47. The molecular formula is C19H23N5O. The van der Waals surface area contributed by atoms with Crippen LogP contribution in [0.4, 0.5) is 5.82 Å².